The fourth-order valence-electron chi connectivity index (χ4n) is 3.22. The molecule has 4 heteroatoms. The number of benzene rings is 3. The monoisotopic (exact) mass is 332 g/mol. The molecule has 4 rings (SSSR count). The molecule has 0 fully saturated rings. The highest BCUT2D eigenvalue weighted by atomic mass is 16.5. The van der Waals surface area contributed by atoms with E-state index in [4.69, 9.17) is 4.74 Å². The Labute approximate surface area is 146 Å². The minimum atomic E-state index is -0.0567. The molecule has 0 spiro atoms. The van der Waals surface area contributed by atoms with Crippen LogP contribution in [-0.2, 0) is 13.2 Å². The highest BCUT2D eigenvalue weighted by Crippen LogP contribution is 2.25. The van der Waals surface area contributed by atoms with Crippen LogP contribution < -0.4 is 4.74 Å². The summed E-state index contributed by atoms with van der Waals surface area (Å²) in [4.78, 5) is 4.48. The van der Waals surface area contributed by atoms with Crippen LogP contribution in [0.5, 0.6) is 5.75 Å². The Kier molecular flexibility index (Phi) is 4.36. The van der Waals surface area contributed by atoms with Gasteiger partial charge in [0.05, 0.1) is 17.6 Å². The zero-order valence-electron chi connectivity index (χ0n) is 13.9. The molecule has 0 amide bonds. The second kappa shape index (κ2) is 6.95. The average molecular weight is 332 g/mol. The molecule has 0 saturated carbocycles. The summed E-state index contributed by atoms with van der Waals surface area (Å²) in [5.41, 5.74) is 1.97. The fourth-order valence-corrected chi connectivity index (χ4v) is 3.22. The van der Waals surface area contributed by atoms with Crippen LogP contribution in [0, 0.1) is 0 Å². The molecule has 126 valence electrons. The number of rotatable bonds is 6. The van der Waals surface area contributed by atoms with E-state index in [1.807, 2.05) is 48.5 Å². The largest absolute Gasteiger partial charge is 0.493 e. The quantitative estimate of drug-likeness (QED) is 0.540. The SMILES string of the molecule is OCc1nc2ccccc2n1CCCOc1cccc2ccccc12. The lowest BCUT2D eigenvalue weighted by molar-refractivity contribution is 0.261. The van der Waals surface area contributed by atoms with E-state index in [2.05, 4.69) is 27.8 Å². The van der Waals surface area contributed by atoms with Crippen molar-refractivity contribution in [2.45, 2.75) is 19.6 Å². The Morgan fingerprint density at radius 3 is 2.64 bits per heavy atom. The van der Waals surface area contributed by atoms with E-state index in [1.54, 1.807) is 0 Å². The summed E-state index contributed by atoms with van der Waals surface area (Å²) in [5.74, 6) is 1.61. The standard InChI is InChI=1S/C21H20N2O2/c24-15-21-22-18-10-3-4-11-19(18)23(21)13-6-14-25-20-12-5-8-16-7-1-2-9-17(16)20/h1-5,7-12,24H,6,13-15H2. The van der Waals surface area contributed by atoms with Crippen molar-refractivity contribution < 1.29 is 9.84 Å². The van der Waals surface area contributed by atoms with Gasteiger partial charge in [-0.25, -0.2) is 4.98 Å². The lowest BCUT2D eigenvalue weighted by atomic mass is 10.1. The van der Waals surface area contributed by atoms with Gasteiger partial charge in [-0.1, -0.05) is 48.5 Å². The number of ether oxygens (including phenoxy) is 1. The van der Waals surface area contributed by atoms with Crippen LogP contribution >= 0.6 is 0 Å². The van der Waals surface area contributed by atoms with Gasteiger partial charge >= 0.3 is 0 Å². The van der Waals surface area contributed by atoms with Crippen molar-refractivity contribution in [3.05, 3.63) is 72.6 Å². The summed E-state index contributed by atoms with van der Waals surface area (Å²) < 4.78 is 8.08. The minimum Gasteiger partial charge on any atom is -0.493 e. The summed E-state index contributed by atoms with van der Waals surface area (Å²) in [6, 6.07) is 22.3. The third kappa shape index (κ3) is 3.08. The van der Waals surface area contributed by atoms with Crippen LogP contribution in [0.3, 0.4) is 0 Å². The van der Waals surface area contributed by atoms with Crippen LogP contribution in [0.2, 0.25) is 0 Å². The van der Waals surface area contributed by atoms with Crippen molar-refractivity contribution in [3.8, 4) is 5.75 Å². The van der Waals surface area contributed by atoms with Crippen molar-refractivity contribution >= 4 is 21.8 Å². The van der Waals surface area contributed by atoms with E-state index in [1.165, 1.54) is 5.39 Å². The number of aliphatic hydroxyl groups is 1. The highest BCUT2D eigenvalue weighted by molar-refractivity contribution is 5.88. The van der Waals surface area contributed by atoms with Gasteiger partial charge in [0, 0.05) is 11.9 Å². The number of aromatic nitrogens is 2. The number of aliphatic hydroxyl groups excluding tert-OH is 1. The van der Waals surface area contributed by atoms with Gasteiger partial charge < -0.3 is 14.4 Å². The Morgan fingerprint density at radius 1 is 0.920 bits per heavy atom. The summed E-state index contributed by atoms with van der Waals surface area (Å²) in [5, 5.41) is 11.9. The molecule has 0 aliphatic rings. The topological polar surface area (TPSA) is 47.3 Å². The molecule has 0 bridgehead atoms. The van der Waals surface area contributed by atoms with Crippen LogP contribution in [0.15, 0.2) is 66.7 Å². The van der Waals surface area contributed by atoms with Crippen molar-refractivity contribution in [1.82, 2.24) is 9.55 Å². The average Bonchev–Trinajstić information content (AvgIpc) is 3.03. The molecule has 0 aliphatic carbocycles. The third-order valence-corrected chi connectivity index (χ3v) is 4.41. The molecular weight excluding hydrogens is 312 g/mol. The van der Waals surface area contributed by atoms with Gasteiger partial charge in [-0.2, -0.15) is 0 Å². The Bertz CT molecular complexity index is 1000. The molecule has 4 nitrogen and oxygen atoms in total. The molecule has 0 atom stereocenters. The number of nitrogens with zero attached hydrogens (tertiary/aromatic N) is 2. The number of aryl methyl sites for hydroxylation is 1. The number of hydrogen-bond acceptors (Lipinski definition) is 3. The summed E-state index contributed by atoms with van der Waals surface area (Å²) >= 11 is 0. The first-order chi connectivity index (χ1) is 12.4. The second-order valence-corrected chi connectivity index (χ2v) is 6.01. The first-order valence-electron chi connectivity index (χ1n) is 8.52. The first-order valence-corrected chi connectivity index (χ1v) is 8.52. The number of imidazole rings is 1. The molecule has 25 heavy (non-hydrogen) atoms. The lowest BCUT2D eigenvalue weighted by Crippen LogP contribution is -2.08. The molecule has 0 saturated heterocycles. The molecule has 3 aromatic carbocycles. The van der Waals surface area contributed by atoms with E-state index >= 15 is 0 Å². The predicted octanol–water partition coefficient (Wildman–Crippen LogP) is 4.15. The van der Waals surface area contributed by atoms with Crippen molar-refractivity contribution in [1.29, 1.82) is 0 Å². The lowest BCUT2D eigenvalue weighted by Gasteiger charge is -2.11. The van der Waals surface area contributed by atoms with Gasteiger partial charge in [0.1, 0.15) is 18.2 Å². The third-order valence-electron chi connectivity index (χ3n) is 4.41. The maximum absolute atomic E-state index is 9.56. The van der Waals surface area contributed by atoms with Crippen molar-refractivity contribution in [3.63, 3.8) is 0 Å². The van der Waals surface area contributed by atoms with Crippen LogP contribution in [-0.4, -0.2) is 21.3 Å². The molecule has 1 N–H and O–H groups in total. The van der Waals surface area contributed by atoms with Gasteiger partial charge in [-0.15, -0.1) is 0 Å². The fraction of sp³-hybridized carbons (Fsp3) is 0.190. The van der Waals surface area contributed by atoms with E-state index in [0.29, 0.717) is 12.4 Å². The van der Waals surface area contributed by atoms with Crippen molar-refractivity contribution in [2.24, 2.45) is 0 Å². The minimum absolute atomic E-state index is 0.0567. The van der Waals surface area contributed by atoms with Gasteiger partial charge in [0.2, 0.25) is 0 Å². The van der Waals surface area contributed by atoms with E-state index in [0.717, 1.165) is 35.1 Å². The molecule has 0 radical (unpaired) electrons. The molecule has 0 aliphatic heterocycles. The van der Waals surface area contributed by atoms with Gasteiger partial charge in [-0.3, -0.25) is 0 Å². The van der Waals surface area contributed by atoms with Gasteiger partial charge in [-0.05, 0) is 30.0 Å². The molecule has 4 aromatic rings. The van der Waals surface area contributed by atoms with Crippen molar-refractivity contribution in [2.75, 3.05) is 6.61 Å². The summed E-state index contributed by atoms with van der Waals surface area (Å²) in [6.45, 7) is 1.32. The maximum Gasteiger partial charge on any atom is 0.135 e. The van der Waals surface area contributed by atoms with Gasteiger partial charge in [0.15, 0.2) is 0 Å². The molecular formula is C21H20N2O2. The molecule has 1 heterocycles. The van der Waals surface area contributed by atoms with E-state index < -0.39 is 0 Å². The summed E-state index contributed by atoms with van der Waals surface area (Å²) in [6.07, 6.45) is 0.844. The Morgan fingerprint density at radius 2 is 1.72 bits per heavy atom. The predicted molar refractivity (Wildman–Crippen MR) is 99.7 cm³/mol. The first kappa shape index (κ1) is 15.7. The summed E-state index contributed by atoms with van der Waals surface area (Å²) in [7, 11) is 0. The highest BCUT2D eigenvalue weighted by Gasteiger charge is 2.09. The number of fused-ring (bicyclic) bond motifs is 2. The maximum atomic E-state index is 9.56. The normalized spacial score (nSPS) is 11.2. The molecule has 0 unspecified atom stereocenters. The van der Waals surface area contributed by atoms with Gasteiger partial charge in [0.25, 0.3) is 0 Å². The smallest absolute Gasteiger partial charge is 0.135 e. The van der Waals surface area contributed by atoms with E-state index in [9.17, 15) is 5.11 Å². The molecule has 1 aromatic heterocycles. The Hall–Kier alpha value is -2.85. The van der Waals surface area contributed by atoms with Crippen LogP contribution in [0.1, 0.15) is 12.2 Å². The van der Waals surface area contributed by atoms with Crippen LogP contribution in [0.25, 0.3) is 21.8 Å². The number of hydrogen-bond donors (Lipinski definition) is 1. The second-order valence-electron chi connectivity index (χ2n) is 6.01. The zero-order valence-corrected chi connectivity index (χ0v) is 13.9. The van der Waals surface area contributed by atoms with E-state index in [-0.39, 0.29) is 6.61 Å². The number of para-hydroxylation sites is 2. The van der Waals surface area contributed by atoms with Crippen LogP contribution in [0.4, 0.5) is 0 Å². The zero-order chi connectivity index (χ0) is 17.1. The Balaban J connectivity index is 1.46.